The molecule has 0 fully saturated rings. The van der Waals surface area contributed by atoms with Gasteiger partial charge in [-0.3, -0.25) is 4.79 Å². The zero-order valence-electron chi connectivity index (χ0n) is 13.1. The largest absolute Gasteiger partial charge is 0.383 e. The molecule has 0 spiro atoms. The van der Waals surface area contributed by atoms with Crippen LogP contribution >= 0.6 is 0 Å². The van der Waals surface area contributed by atoms with Crippen molar-refractivity contribution in [2.24, 2.45) is 0 Å². The first-order valence-corrected chi connectivity index (χ1v) is 7.69. The van der Waals surface area contributed by atoms with Gasteiger partial charge in [0.05, 0.1) is 12.6 Å². The number of para-hydroxylation sites is 1. The van der Waals surface area contributed by atoms with E-state index in [1.807, 2.05) is 54.6 Å². The summed E-state index contributed by atoms with van der Waals surface area (Å²) in [7, 11) is 1.65. The lowest BCUT2D eigenvalue weighted by atomic mass is 9.97. The molecule has 118 valence electrons. The number of methoxy groups -OCH3 is 1. The fourth-order valence-electron chi connectivity index (χ4n) is 2.74. The zero-order chi connectivity index (χ0) is 16.1. The SMILES string of the molecule is COCCNC(C(=O)c1c[nH]c2ccccc12)c1ccccc1. The van der Waals surface area contributed by atoms with Gasteiger partial charge in [-0.05, 0) is 11.6 Å². The third kappa shape index (κ3) is 3.33. The van der Waals surface area contributed by atoms with Crippen LogP contribution in [-0.4, -0.2) is 31.0 Å². The van der Waals surface area contributed by atoms with Crippen molar-refractivity contribution in [1.29, 1.82) is 0 Å². The third-order valence-electron chi connectivity index (χ3n) is 3.90. The maximum absolute atomic E-state index is 13.1. The van der Waals surface area contributed by atoms with E-state index in [0.717, 1.165) is 16.5 Å². The van der Waals surface area contributed by atoms with Crippen molar-refractivity contribution in [3.8, 4) is 0 Å². The normalized spacial score (nSPS) is 12.4. The average Bonchev–Trinajstić information content (AvgIpc) is 3.03. The van der Waals surface area contributed by atoms with Crippen molar-refractivity contribution < 1.29 is 9.53 Å². The van der Waals surface area contributed by atoms with Gasteiger partial charge in [-0.25, -0.2) is 0 Å². The van der Waals surface area contributed by atoms with E-state index in [2.05, 4.69) is 10.3 Å². The Balaban J connectivity index is 1.93. The second-order valence-corrected chi connectivity index (χ2v) is 5.40. The number of aromatic nitrogens is 1. The van der Waals surface area contributed by atoms with Crippen LogP contribution in [0, 0.1) is 0 Å². The Bertz CT molecular complexity index is 780. The first-order valence-electron chi connectivity index (χ1n) is 7.69. The molecular weight excluding hydrogens is 288 g/mol. The van der Waals surface area contributed by atoms with Gasteiger partial charge in [-0.15, -0.1) is 0 Å². The number of carbonyl (C=O) groups is 1. The summed E-state index contributed by atoms with van der Waals surface area (Å²) in [4.78, 5) is 16.3. The molecule has 3 rings (SSSR count). The molecule has 0 saturated heterocycles. The number of carbonyl (C=O) groups excluding carboxylic acids is 1. The van der Waals surface area contributed by atoms with Crippen molar-refractivity contribution in [3.63, 3.8) is 0 Å². The lowest BCUT2D eigenvalue weighted by Crippen LogP contribution is -2.31. The molecule has 0 amide bonds. The molecule has 0 aliphatic rings. The molecule has 1 unspecified atom stereocenters. The lowest BCUT2D eigenvalue weighted by Gasteiger charge is -2.17. The van der Waals surface area contributed by atoms with Gasteiger partial charge in [0.25, 0.3) is 0 Å². The highest BCUT2D eigenvalue weighted by atomic mass is 16.5. The van der Waals surface area contributed by atoms with E-state index in [4.69, 9.17) is 4.74 Å². The summed E-state index contributed by atoms with van der Waals surface area (Å²) in [6.07, 6.45) is 1.79. The fraction of sp³-hybridized carbons (Fsp3) is 0.211. The highest BCUT2D eigenvalue weighted by Gasteiger charge is 2.23. The molecule has 4 nitrogen and oxygen atoms in total. The van der Waals surface area contributed by atoms with Crippen molar-refractivity contribution in [3.05, 3.63) is 71.9 Å². The molecule has 1 atom stereocenters. The number of ether oxygens (including phenoxy) is 1. The van der Waals surface area contributed by atoms with Crippen LogP contribution in [0.1, 0.15) is 22.0 Å². The van der Waals surface area contributed by atoms with Crippen LogP contribution in [0.3, 0.4) is 0 Å². The molecule has 1 heterocycles. The minimum Gasteiger partial charge on any atom is -0.383 e. The van der Waals surface area contributed by atoms with Gasteiger partial charge in [0.1, 0.15) is 0 Å². The number of ketones is 1. The quantitative estimate of drug-likeness (QED) is 0.520. The molecule has 4 heteroatoms. The summed E-state index contributed by atoms with van der Waals surface area (Å²) in [5, 5.41) is 4.25. The Labute approximate surface area is 135 Å². The Hall–Kier alpha value is -2.43. The van der Waals surface area contributed by atoms with E-state index in [0.29, 0.717) is 18.7 Å². The minimum absolute atomic E-state index is 0.0600. The monoisotopic (exact) mass is 308 g/mol. The average molecular weight is 308 g/mol. The molecule has 0 saturated carbocycles. The summed E-state index contributed by atoms with van der Waals surface area (Å²) in [5.41, 5.74) is 2.64. The van der Waals surface area contributed by atoms with E-state index >= 15 is 0 Å². The van der Waals surface area contributed by atoms with Gasteiger partial charge < -0.3 is 15.0 Å². The van der Waals surface area contributed by atoms with Crippen molar-refractivity contribution >= 4 is 16.7 Å². The summed E-state index contributed by atoms with van der Waals surface area (Å²) in [6, 6.07) is 17.2. The lowest BCUT2D eigenvalue weighted by molar-refractivity contribution is 0.0938. The molecule has 0 bridgehead atoms. The number of aromatic amines is 1. The van der Waals surface area contributed by atoms with Crippen LogP contribution in [-0.2, 0) is 4.74 Å². The molecule has 0 aliphatic heterocycles. The summed E-state index contributed by atoms with van der Waals surface area (Å²) < 4.78 is 5.09. The molecule has 0 radical (unpaired) electrons. The number of hydrogen-bond donors (Lipinski definition) is 2. The van der Waals surface area contributed by atoms with Gasteiger partial charge in [-0.1, -0.05) is 48.5 Å². The van der Waals surface area contributed by atoms with Crippen LogP contribution in [0.5, 0.6) is 0 Å². The Morgan fingerprint density at radius 2 is 1.87 bits per heavy atom. The number of hydrogen-bond acceptors (Lipinski definition) is 3. The maximum Gasteiger partial charge on any atom is 0.186 e. The maximum atomic E-state index is 13.1. The molecule has 0 aliphatic carbocycles. The summed E-state index contributed by atoms with van der Waals surface area (Å²) >= 11 is 0. The second-order valence-electron chi connectivity index (χ2n) is 5.40. The van der Waals surface area contributed by atoms with E-state index in [1.54, 1.807) is 13.3 Å². The number of H-pyrrole nitrogens is 1. The molecule has 1 aromatic heterocycles. The summed E-state index contributed by atoms with van der Waals surface area (Å²) in [5.74, 6) is 0.0600. The standard InChI is InChI=1S/C19H20N2O2/c1-23-12-11-20-18(14-7-3-2-4-8-14)19(22)16-13-21-17-10-6-5-9-15(16)17/h2-10,13,18,20-21H,11-12H2,1H3. The van der Waals surface area contributed by atoms with E-state index in [1.165, 1.54) is 0 Å². The van der Waals surface area contributed by atoms with Crippen LogP contribution in [0.15, 0.2) is 60.8 Å². The smallest absolute Gasteiger partial charge is 0.186 e. The molecule has 2 N–H and O–H groups in total. The van der Waals surface area contributed by atoms with Crippen LogP contribution in [0.2, 0.25) is 0 Å². The number of nitrogens with one attached hydrogen (secondary N) is 2. The van der Waals surface area contributed by atoms with Crippen molar-refractivity contribution in [1.82, 2.24) is 10.3 Å². The number of rotatable bonds is 7. The third-order valence-corrected chi connectivity index (χ3v) is 3.90. The Morgan fingerprint density at radius 3 is 2.65 bits per heavy atom. The predicted octanol–water partition coefficient (Wildman–Crippen LogP) is 3.33. The highest BCUT2D eigenvalue weighted by molar-refractivity contribution is 6.10. The Kier molecular flexibility index (Phi) is 4.86. The molecule has 3 aromatic rings. The van der Waals surface area contributed by atoms with Crippen LogP contribution in [0.25, 0.3) is 10.9 Å². The number of Topliss-reactive ketones (excluding diaryl/α,β-unsaturated/α-hetero) is 1. The van der Waals surface area contributed by atoms with Gasteiger partial charge in [0, 0.05) is 36.3 Å². The second kappa shape index (κ2) is 7.22. The first kappa shape index (κ1) is 15.5. The number of fused-ring (bicyclic) bond motifs is 1. The topological polar surface area (TPSA) is 54.1 Å². The summed E-state index contributed by atoms with van der Waals surface area (Å²) in [6.45, 7) is 1.18. The van der Waals surface area contributed by atoms with Crippen molar-refractivity contribution in [2.75, 3.05) is 20.3 Å². The highest BCUT2D eigenvalue weighted by Crippen LogP contribution is 2.24. The fourth-order valence-corrected chi connectivity index (χ4v) is 2.74. The molecule has 23 heavy (non-hydrogen) atoms. The zero-order valence-corrected chi connectivity index (χ0v) is 13.1. The van der Waals surface area contributed by atoms with E-state index < -0.39 is 0 Å². The van der Waals surface area contributed by atoms with Crippen LogP contribution in [0.4, 0.5) is 0 Å². The minimum atomic E-state index is -0.384. The molecule has 2 aromatic carbocycles. The predicted molar refractivity (Wildman–Crippen MR) is 91.7 cm³/mol. The van der Waals surface area contributed by atoms with Gasteiger partial charge in [0.2, 0.25) is 0 Å². The van der Waals surface area contributed by atoms with Crippen LogP contribution < -0.4 is 5.32 Å². The van der Waals surface area contributed by atoms with E-state index in [-0.39, 0.29) is 11.8 Å². The first-order chi connectivity index (χ1) is 11.3. The number of benzene rings is 2. The van der Waals surface area contributed by atoms with Gasteiger partial charge in [0.15, 0.2) is 5.78 Å². The van der Waals surface area contributed by atoms with E-state index in [9.17, 15) is 4.79 Å². The van der Waals surface area contributed by atoms with Gasteiger partial charge in [-0.2, -0.15) is 0 Å². The van der Waals surface area contributed by atoms with Gasteiger partial charge >= 0.3 is 0 Å². The van der Waals surface area contributed by atoms with Crippen molar-refractivity contribution in [2.45, 2.75) is 6.04 Å². The molecular formula is C19H20N2O2. The Morgan fingerprint density at radius 1 is 1.13 bits per heavy atom.